The third-order valence-electron chi connectivity index (χ3n) is 5.63. The summed E-state index contributed by atoms with van der Waals surface area (Å²) >= 11 is 1.60. The van der Waals surface area contributed by atoms with Crippen LogP contribution in [0, 0.1) is 0 Å². The molecule has 0 fully saturated rings. The number of hydrogen-bond acceptors (Lipinski definition) is 8. The minimum Gasteiger partial charge on any atom is -0.318 e. The summed E-state index contributed by atoms with van der Waals surface area (Å²) in [4.78, 5) is 44.0. The van der Waals surface area contributed by atoms with Crippen LogP contribution in [0.1, 0.15) is 11.1 Å². The molecule has 0 radical (unpaired) electrons. The van der Waals surface area contributed by atoms with E-state index in [1.807, 2.05) is 55.0 Å². The highest BCUT2D eigenvalue weighted by Gasteiger charge is 2.26. The SMILES string of the molecule is C=CCN(CC(=O)N(CC=O)C(CN(C)Cc1cccc2scnc12)NCc1ccccc1)NC=O. The number of likely N-dealkylation sites (N-methyl/N-ethyl adjacent to an activating group) is 1. The van der Waals surface area contributed by atoms with Gasteiger partial charge in [-0.25, -0.2) is 9.99 Å². The second-order valence-corrected chi connectivity index (χ2v) is 9.21. The number of benzene rings is 2. The fraction of sp³-hybridized carbons (Fsp3) is 0.308. The van der Waals surface area contributed by atoms with Crippen molar-refractivity contribution in [2.24, 2.45) is 0 Å². The number of para-hydroxylation sites is 1. The number of aldehydes is 1. The molecule has 1 unspecified atom stereocenters. The van der Waals surface area contributed by atoms with Gasteiger partial charge in [-0.2, -0.15) is 0 Å². The maximum atomic E-state index is 13.3. The molecule has 0 aliphatic heterocycles. The minimum atomic E-state index is -0.454. The third kappa shape index (κ3) is 7.79. The Kier molecular flexibility index (Phi) is 10.7. The topological polar surface area (TPSA) is 97.9 Å². The summed E-state index contributed by atoms with van der Waals surface area (Å²) in [6.45, 7) is 5.40. The van der Waals surface area contributed by atoms with Crippen molar-refractivity contribution in [2.75, 3.05) is 33.2 Å². The number of nitrogens with one attached hydrogen (secondary N) is 2. The summed E-state index contributed by atoms with van der Waals surface area (Å²) < 4.78 is 1.13. The van der Waals surface area contributed by atoms with Crippen LogP contribution in [0.25, 0.3) is 10.2 Å². The van der Waals surface area contributed by atoms with E-state index in [-0.39, 0.29) is 19.0 Å². The van der Waals surface area contributed by atoms with E-state index in [2.05, 4.69) is 33.3 Å². The molecule has 36 heavy (non-hydrogen) atoms. The van der Waals surface area contributed by atoms with Crippen LogP contribution in [0.3, 0.4) is 0 Å². The molecule has 3 aromatic rings. The van der Waals surface area contributed by atoms with Gasteiger partial charge in [-0.1, -0.05) is 48.5 Å². The molecule has 9 nitrogen and oxygen atoms in total. The highest BCUT2D eigenvalue weighted by Crippen LogP contribution is 2.22. The Labute approximate surface area is 215 Å². The highest BCUT2D eigenvalue weighted by atomic mass is 32.1. The summed E-state index contributed by atoms with van der Waals surface area (Å²) in [6.07, 6.45) is 2.37. The molecule has 0 saturated heterocycles. The molecule has 1 heterocycles. The van der Waals surface area contributed by atoms with Crippen LogP contribution in [-0.2, 0) is 27.5 Å². The first-order chi connectivity index (χ1) is 17.5. The largest absolute Gasteiger partial charge is 0.318 e. The molecule has 0 saturated carbocycles. The number of hydrazine groups is 1. The average molecular weight is 509 g/mol. The summed E-state index contributed by atoms with van der Waals surface area (Å²) in [5.74, 6) is -0.293. The molecule has 0 spiro atoms. The van der Waals surface area contributed by atoms with Crippen molar-refractivity contribution in [2.45, 2.75) is 19.3 Å². The van der Waals surface area contributed by atoms with Crippen molar-refractivity contribution in [3.05, 3.63) is 77.8 Å². The van der Waals surface area contributed by atoms with Crippen LogP contribution in [0.4, 0.5) is 0 Å². The number of carbonyl (C=O) groups is 3. The Morgan fingerprint density at radius 1 is 1.14 bits per heavy atom. The lowest BCUT2D eigenvalue weighted by molar-refractivity contribution is -0.138. The number of rotatable bonds is 16. The monoisotopic (exact) mass is 508 g/mol. The van der Waals surface area contributed by atoms with Crippen LogP contribution in [-0.4, -0.2) is 77.8 Å². The van der Waals surface area contributed by atoms with Gasteiger partial charge < -0.3 is 9.69 Å². The summed E-state index contributed by atoms with van der Waals surface area (Å²) in [5.41, 5.74) is 7.48. The summed E-state index contributed by atoms with van der Waals surface area (Å²) in [5, 5.41) is 4.90. The normalized spacial score (nSPS) is 12.0. The lowest BCUT2D eigenvalue weighted by Gasteiger charge is -2.35. The molecule has 1 aromatic heterocycles. The van der Waals surface area contributed by atoms with E-state index in [1.165, 1.54) is 9.91 Å². The Balaban J connectivity index is 1.79. The van der Waals surface area contributed by atoms with Gasteiger partial charge in [0.25, 0.3) is 0 Å². The number of amides is 2. The average Bonchev–Trinajstić information content (AvgIpc) is 3.36. The lowest BCUT2D eigenvalue weighted by atomic mass is 10.2. The molecule has 2 N–H and O–H groups in total. The number of aromatic nitrogens is 1. The highest BCUT2D eigenvalue weighted by molar-refractivity contribution is 7.16. The van der Waals surface area contributed by atoms with Crippen molar-refractivity contribution < 1.29 is 14.4 Å². The molecule has 190 valence electrons. The molecule has 2 amide bonds. The zero-order valence-electron chi connectivity index (χ0n) is 20.4. The zero-order chi connectivity index (χ0) is 25.8. The van der Waals surface area contributed by atoms with E-state index in [0.29, 0.717) is 32.6 Å². The van der Waals surface area contributed by atoms with Gasteiger partial charge in [0.05, 0.1) is 35.0 Å². The van der Waals surface area contributed by atoms with Crippen LogP contribution in [0.5, 0.6) is 0 Å². The van der Waals surface area contributed by atoms with Gasteiger partial charge in [-0.3, -0.25) is 25.2 Å². The summed E-state index contributed by atoms with van der Waals surface area (Å²) in [6, 6.07) is 16.0. The van der Waals surface area contributed by atoms with Gasteiger partial charge in [0.1, 0.15) is 6.29 Å². The van der Waals surface area contributed by atoms with E-state index in [4.69, 9.17) is 0 Å². The van der Waals surface area contributed by atoms with Gasteiger partial charge in [-0.15, -0.1) is 17.9 Å². The molecular weight excluding hydrogens is 476 g/mol. The van der Waals surface area contributed by atoms with E-state index in [1.54, 1.807) is 17.4 Å². The number of thiazole rings is 1. The fourth-order valence-corrected chi connectivity index (χ4v) is 4.68. The van der Waals surface area contributed by atoms with Crippen LogP contribution >= 0.6 is 11.3 Å². The fourth-order valence-electron chi connectivity index (χ4n) is 3.96. The van der Waals surface area contributed by atoms with Crippen molar-refractivity contribution in [3.63, 3.8) is 0 Å². The van der Waals surface area contributed by atoms with Crippen LogP contribution in [0.2, 0.25) is 0 Å². The molecule has 1 atom stereocenters. The van der Waals surface area contributed by atoms with Crippen molar-refractivity contribution >= 4 is 40.2 Å². The lowest BCUT2D eigenvalue weighted by Crippen LogP contribution is -2.57. The van der Waals surface area contributed by atoms with E-state index in [9.17, 15) is 14.4 Å². The number of carbonyl (C=O) groups excluding carboxylic acids is 3. The number of hydrogen-bond donors (Lipinski definition) is 2. The van der Waals surface area contributed by atoms with Gasteiger partial charge >= 0.3 is 0 Å². The van der Waals surface area contributed by atoms with Gasteiger partial charge in [0.2, 0.25) is 12.3 Å². The molecule has 10 heteroatoms. The molecule has 2 aromatic carbocycles. The van der Waals surface area contributed by atoms with Gasteiger partial charge in [0.15, 0.2) is 0 Å². The second-order valence-electron chi connectivity index (χ2n) is 8.32. The maximum Gasteiger partial charge on any atom is 0.240 e. The van der Waals surface area contributed by atoms with Gasteiger partial charge in [0, 0.05) is 26.2 Å². The first-order valence-electron chi connectivity index (χ1n) is 11.6. The molecular formula is C26H32N6O3S. The standard InChI is InChI=1S/C26H32N6O3S/c1-3-12-31(29-19-34)18-25(35)32(13-14-33)24(27-15-21-8-5-4-6-9-21)17-30(2)16-22-10-7-11-23-26(22)28-20-36-23/h3-11,14,19-20,24,27H,1,12-13,15-18H2,2H3,(H,29,34). The first kappa shape index (κ1) is 27.2. The smallest absolute Gasteiger partial charge is 0.240 e. The van der Waals surface area contributed by atoms with E-state index >= 15 is 0 Å². The minimum absolute atomic E-state index is 0.0795. The number of nitrogens with zero attached hydrogens (tertiary/aromatic N) is 4. The maximum absolute atomic E-state index is 13.3. The Morgan fingerprint density at radius 2 is 1.94 bits per heavy atom. The summed E-state index contributed by atoms with van der Waals surface area (Å²) in [7, 11) is 1.98. The Morgan fingerprint density at radius 3 is 2.67 bits per heavy atom. The first-order valence-corrected chi connectivity index (χ1v) is 12.5. The Hall–Kier alpha value is -3.44. The van der Waals surface area contributed by atoms with Crippen LogP contribution < -0.4 is 10.7 Å². The van der Waals surface area contributed by atoms with E-state index < -0.39 is 6.17 Å². The zero-order valence-corrected chi connectivity index (χ0v) is 21.2. The van der Waals surface area contributed by atoms with Crippen molar-refractivity contribution in [3.8, 4) is 0 Å². The molecule has 3 rings (SSSR count). The van der Waals surface area contributed by atoms with Crippen molar-refractivity contribution in [1.82, 2.24) is 30.5 Å². The molecule has 0 aliphatic rings. The molecule has 0 bridgehead atoms. The third-order valence-corrected chi connectivity index (χ3v) is 6.43. The van der Waals surface area contributed by atoms with Gasteiger partial charge in [-0.05, 0) is 24.2 Å². The Bertz CT molecular complexity index is 1130. The van der Waals surface area contributed by atoms with Crippen LogP contribution in [0.15, 0.2) is 66.7 Å². The quantitative estimate of drug-likeness (QED) is 0.132. The predicted molar refractivity (Wildman–Crippen MR) is 142 cm³/mol. The molecule has 0 aliphatic carbocycles. The predicted octanol–water partition coefficient (Wildman–Crippen LogP) is 2.02. The van der Waals surface area contributed by atoms with Crippen molar-refractivity contribution in [1.29, 1.82) is 0 Å². The second kappa shape index (κ2) is 14.2. The van der Waals surface area contributed by atoms with E-state index in [0.717, 1.165) is 27.6 Å². The number of fused-ring (bicyclic) bond motifs is 1.